The van der Waals surface area contributed by atoms with Crippen LogP contribution in [0.25, 0.3) is 10.2 Å². The van der Waals surface area contributed by atoms with E-state index in [9.17, 15) is 19.5 Å². The Morgan fingerprint density at radius 2 is 2.06 bits per heavy atom. The van der Waals surface area contributed by atoms with E-state index in [1.807, 2.05) is 37.3 Å². The maximum atomic E-state index is 13.5. The number of ketones is 1. The number of hydrogen-bond donors (Lipinski definition) is 1. The average molecular weight is 497 g/mol. The third kappa shape index (κ3) is 4.85. The van der Waals surface area contributed by atoms with E-state index in [4.69, 9.17) is 4.74 Å². The second kappa shape index (κ2) is 9.72. The van der Waals surface area contributed by atoms with Gasteiger partial charge in [-0.3, -0.25) is 14.4 Å². The summed E-state index contributed by atoms with van der Waals surface area (Å²) in [7, 11) is 0. The van der Waals surface area contributed by atoms with Crippen LogP contribution in [-0.4, -0.2) is 51.3 Å². The summed E-state index contributed by atoms with van der Waals surface area (Å²) in [5.41, 5.74) is -0.183. The molecule has 1 aromatic carbocycles. The standard InChI is InChI=1S/C27H32N2O5S/c1-17-9-5-3-2-4-6-10-18-14-27(18,25(32)33)15-22(30)21-13-19(16-29(21)24(17)31)34-26-28-20-11-7-8-12-23(20)35-26/h6-8,10-12,17-19,21H,2-5,9,13-16H2,1H3,(H,32,33)/b10-6-/t17-,18-,19+,21-,27+/m0/s1. The number of thiazole rings is 1. The van der Waals surface area contributed by atoms with Crippen LogP contribution in [0.15, 0.2) is 36.4 Å². The molecule has 5 atom stereocenters. The van der Waals surface area contributed by atoms with Gasteiger partial charge in [0.1, 0.15) is 6.10 Å². The van der Waals surface area contributed by atoms with Crippen molar-refractivity contribution < 1.29 is 24.2 Å². The number of hydrogen-bond acceptors (Lipinski definition) is 6. The number of amides is 1. The monoisotopic (exact) mass is 496 g/mol. The first-order chi connectivity index (χ1) is 16.9. The Morgan fingerprint density at radius 1 is 1.23 bits per heavy atom. The van der Waals surface area contributed by atoms with E-state index >= 15 is 0 Å². The van der Waals surface area contributed by atoms with Crippen LogP contribution in [0.4, 0.5) is 0 Å². The van der Waals surface area contributed by atoms with E-state index in [0.717, 1.165) is 42.3 Å². The molecule has 0 unspecified atom stereocenters. The number of nitrogens with zero attached hydrogens (tertiary/aromatic N) is 2. The average Bonchev–Trinajstić information content (AvgIpc) is 3.15. The molecule has 1 N–H and O–H groups in total. The Labute approximate surface area is 209 Å². The number of carboxylic acid groups (broad SMARTS) is 1. The molecule has 3 aliphatic rings. The highest BCUT2D eigenvalue weighted by atomic mass is 32.1. The minimum absolute atomic E-state index is 0.0385. The van der Waals surface area contributed by atoms with E-state index in [1.165, 1.54) is 11.3 Å². The molecular weight excluding hydrogens is 464 g/mol. The van der Waals surface area contributed by atoms with Crippen LogP contribution in [-0.2, 0) is 14.4 Å². The van der Waals surface area contributed by atoms with Gasteiger partial charge in [0, 0.05) is 18.8 Å². The summed E-state index contributed by atoms with van der Waals surface area (Å²) in [5.74, 6) is -1.43. The summed E-state index contributed by atoms with van der Waals surface area (Å²) in [6, 6.07) is 7.14. The van der Waals surface area contributed by atoms with Crippen LogP contribution in [0.2, 0.25) is 0 Å². The fraction of sp³-hybridized carbons (Fsp3) is 0.556. The van der Waals surface area contributed by atoms with Gasteiger partial charge in [-0.2, -0.15) is 0 Å². The molecule has 0 radical (unpaired) electrons. The van der Waals surface area contributed by atoms with E-state index in [2.05, 4.69) is 11.1 Å². The van der Waals surface area contributed by atoms with Crippen LogP contribution < -0.4 is 4.74 Å². The number of benzene rings is 1. The van der Waals surface area contributed by atoms with Gasteiger partial charge in [0.05, 0.1) is 28.2 Å². The van der Waals surface area contributed by atoms with Crippen molar-refractivity contribution in [2.45, 2.75) is 70.4 Å². The minimum atomic E-state index is -1.04. The molecule has 3 heterocycles. The molecule has 5 rings (SSSR count). The first kappa shape index (κ1) is 24.0. The summed E-state index contributed by atoms with van der Waals surface area (Å²) in [5, 5.41) is 10.5. The van der Waals surface area contributed by atoms with Crippen molar-refractivity contribution in [3.05, 3.63) is 36.4 Å². The van der Waals surface area contributed by atoms with Crippen molar-refractivity contribution in [2.75, 3.05) is 6.54 Å². The molecule has 186 valence electrons. The Morgan fingerprint density at radius 3 is 2.86 bits per heavy atom. The van der Waals surface area contributed by atoms with Crippen LogP contribution in [0, 0.1) is 17.3 Å². The largest absolute Gasteiger partial charge is 0.481 e. The molecule has 1 saturated carbocycles. The molecular formula is C27H32N2O5S. The Bertz CT molecular complexity index is 1130. The Kier molecular flexibility index (Phi) is 6.66. The van der Waals surface area contributed by atoms with Gasteiger partial charge in [0.2, 0.25) is 5.91 Å². The number of para-hydroxylation sites is 1. The van der Waals surface area contributed by atoms with Gasteiger partial charge in [-0.25, -0.2) is 4.98 Å². The Balaban J connectivity index is 1.38. The molecule has 0 bridgehead atoms. The molecule has 2 aliphatic heterocycles. The number of fused-ring (bicyclic) bond motifs is 3. The van der Waals surface area contributed by atoms with Gasteiger partial charge in [0.25, 0.3) is 5.19 Å². The van der Waals surface area contributed by atoms with Gasteiger partial charge < -0.3 is 14.7 Å². The highest BCUT2D eigenvalue weighted by Gasteiger charge is 2.61. The third-order valence-corrected chi connectivity index (χ3v) is 8.73. The van der Waals surface area contributed by atoms with Gasteiger partial charge in [-0.05, 0) is 43.7 Å². The number of carbonyl (C=O) groups excluding carboxylic acids is 2. The number of rotatable bonds is 3. The second-order valence-corrected chi connectivity index (χ2v) is 11.3. The zero-order chi connectivity index (χ0) is 24.6. The molecule has 7 nitrogen and oxygen atoms in total. The summed E-state index contributed by atoms with van der Waals surface area (Å²) >= 11 is 1.45. The third-order valence-electron chi connectivity index (χ3n) is 7.81. The fourth-order valence-electron chi connectivity index (χ4n) is 5.57. The van der Waals surface area contributed by atoms with Crippen LogP contribution in [0.3, 0.4) is 0 Å². The topological polar surface area (TPSA) is 96.8 Å². The maximum Gasteiger partial charge on any atom is 0.310 e. The Hall–Kier alpha value is -2.74. The number of carbonyl (C=O) groups is 3. The van der Waals surface area contributed by atoms with Gasteiger partial charge >= 0.3 is 5.97 Å². The van der Waals surface area contributed by atoms with E-state index < -0.39 is 17.4 Å². The summed E-state index contributed by atoms with van der Waals surface area (Å²) in [6.07, 6.45) is 9.20. The van der Waals surface area contributed by atoms with Gasteiger partial charge in [0.15, 0.2) is 5.78 Å². The van der Waals surface area contributed by atoms with Gasteiger partial charge in [-0.15, -0.1) is 0 Å². The number of allylic oxidation sites excluding steroid dienone is 2. The molecule has 2 fully saturated rings. The first-order valence-corrected chi connectivity index (χ1v) is 13.4. The summed E-state index contributed by atoms with van der Waals surface area (Å²) in [4.78, 5) is 45.3. The van der Waals surface area contributed by atoms with Crippen LogP contribution in [0.1, 0.15) is 58.3 Å². The van der Waals surface area contributed by atoms with Crippen molar-refractivity contribution in [1.82, 2.24) is 9.88 Å². The zero-order valence-electron chi connectivity index (χ0n) is 20.0. The minimum Gasteiger partial charge on any atom is -0.481 e. The highest BCUT2D eigenvalue weighted by Crippen LogP contribution is 2.57. The van der Waals surface area contributed by atoms with E-state index in [1.54, 1.807) is 4.90 Å². The molecule has 8 heteroatoms. The van der Waals surface area contributed by atoms with E-state index in [0.29, 0.717) is 24.6 Å². The lowest BCUT2D eigenvalue weighted by molar-refractivity contribution is -0.147. The van der Waals surface area contributed by atoms with Crippen molar-refractivity contribution >= 4 is 39.2 Å². The summed E-state index contributed by atoms with van der Waals surface area (Å²) in [6.45, 7) is 2.25. The fourth-order valence-corrected chi connectivity index (χ4v) is 6.45. The first-order valence-electron chi connectivity index (χ1n) is 12.6. The number of aromatic nitrogens is 1. The quantitative estimate of drug-likeness (QED) is 0.610. The highest BCUT2D eigenvalue weighted by molar-refractivity contribution is 7.20. The smallest absolute Gasteiger partial charge is 0.310 e. The predicted octanol–water partition coefficient (Wildman–Crippen LogP) is 4.85. The lowest BCUT2D eigenvalue weighted by atomic mass is 9.91. The summed E-state index contributed by atoms with van der Waals surface area (Å²) < 4.78 is 7.20. The van der Waals surface area contributed by atoms with Crippen LogP contribution in [0.5, 0.6) is 5.19 Å². The second-order valence-electron chi connectivity index (χ2n) is 10.3. The number of Topliss-reactive ketones (excluding diaryl/α,β-unsaturated/α-hetero) is 1. The normalized spacial score (nSPS) is 32.9. The van der Waals surface area contributed by atoms with Crippen molar-refractivity contribution in [3.8, 4) is 5.19 Å². The molecule has 0 spiro atoms. The molecule has 35 heavy (non-hydrogen) atoms. The van der Waals surface area contributed by atoms with Crippen molar-refractivity contribution in [2.24, 2.45) is 17.3 Å². The molecule has 2 aromatic rings. The van der Waals surface area contributed by atoms with Crippen molar-refractivity contribution in [1.29, 1.82) is 0 Å². The maximum absolute atomic E-state index is 13.5. The predicted molar refractivity (Wildman–Crippen MR) is 133 cm³/mol. The molecule has 1 aromatic heterocycles. The number of carboxylic acids is 1. The lowest BCUT2D eigenvalue weighted by Gasteiger charge is -2.27. The van der Waals surface area contributed by atoms with Crippen molar-refractivity contribution in [3.63, 3.8) is 0 Å². The molecule has 1 aliphatic carbocycles. The van der Waals surface area contributed by atoms with Crippen LogP contribution >= 0.6 is 11.3 Å². The van der Waals surface area contributed by atoms with Gasteiger partial charge in [-0.1, -0.05) is 55.4 Å². The van der Waals surface area contributed by atoms with E-state index in [-0.39, 0.29) is 36.1 Å². The molecule has 1 saturated heterocycles. The molecule has 1 amide bonds. The SMILES string of the molecule is C[C@H]1CCCCC/C=C\[C@H]2C[C@@]2(C(=O)O)CC(=O)[C@@H]2C[C@@H](Oc3nc4ccccc4s3)CN2C1=O. The number of ether oxygens (including phenoxy) is 1. The number of aliphatic carboxylic acids is 1. The zero-order valence-corrected chi connectivity index (χ0v) is 20.8. The lowest BCUT2D eigenvalue weighted by Crippen LogP contribution is -2.44.